The Hall–Kier alpha value is -2.10. The molecule has 0 aliphatic rings. The minimum Gasteiger partial charge on any atom is -0.465 e. The molecule has 0 N–H and O–H groups in total. The van der Waals surface area contributed by atoms with Gasteiger partial charge >= 0.3 is 5.97 Å². The number of benzene rings is 1. The standard InChI is InChI=1S/C13H14N2O2/c1-9-11(13(16)17-3)12(15(2)14-9)10-7-5-4-6-8-10/h4-8H,1-3H3. The number of esters is 1. The van der Waals surface area contributed by atoms with Gasteiger partial charge in [-0.25, -0.2) is 4.79 Å². The molecular weight excluding hydrogens is 216 g/mol. The van der Waals surface area contributed by atoms with Crippen molar-refractivity contribution < 1.29 is 9.53 Å². The predicted octanol–water partition coefficient (Wildman–Crippen LogP) is 2.18. The summed E-state index contributed by atoms with van der Waals surface area (Å²) >= 11 is 0. The maximum absolute atomic E-state index is 11.8. The lowest BCUT2D eigenvalue weighted by atomic mass is 10.1. The molecule has 0 amide bonds. The van der Waals surface area contributed by atoms with Crippen molar-refractivity contribution in [2.24, 2.45) is 7.05 Å². The van der Waals surface area contributed by atoms with Gasteiger partial charge in [-0.3, -0.25) is 4.68 Å². The van der Waals surface area contributed by atoms with Gasteiger partial charge in [0.15, 0.2) is 0 Å². The van der Waals surface area contributed by atoms with Crippen LogP contribution in [0.4, 0.5) is 0 Å². The number of methoxy groups -OCH3 is 1. The number of aromatic nitrogens is 2. The van der Waals surface area contributed by atoms with Crippen molar-refractivity contribution in [3.8, 4) is 11.3 Å². The molecule has 4 nitrogen and oxygen atoms in total. The van der Waals surface area contributed by atoms with Crippen molar-refractivity contribution in [2.75, 3.05) is 7.11 Å². The maximum Gasteiger partial charge on any atom is 0.342 e. The molecule has 1 heterocycles. The highest BCUT2D eigenvalue weighted by Crippen LogP contribution is 2.25. The van der Waals surface area contributed by atoms with E-state index >= 15 is 0 Å². The molecule has 0 spiro atoms. The second kappa shape index (κ2) is 4.41. The monoisotopic (exact) mass is 230 g/mol. The molecule has 1 aromatic heterocycles. The van der Waals surface area contributed by atoms with Gasteiger partial charge in [0.25, 0.3) is 0 Å². The summed E-state index contributed by atoms with van der Waals surface area (Å²) in [4.78, 5) is 11.8. The van der Waals surface area contributed by atoms with E-state index in [0.717, 1.165) is 11.3 Å². The van der Waals surface area contributed by atoms with Crippen LogP contribution in [0.25, 0.3) is 11.3 Å². The van der Waals surface area contributed by atoms with Crippen LogP contribution in [-0.4, -0.2) is 22.9 Å². The molecule has 0 radical (unpaired) electrons. The molecule has 17 heavy (non-hydrogen) atoms. The molecule has 0 saturated carbocycles. The molecule has 4 heteroatoms. The molecule has 0 fully saturated rings. The Morgan fingerprint density at radius 1 is 1.29 bits per heavy atom. The van der Waals surface area contributed by atoms with Crippen molar-refractivity contribution in [3.63, 3.8) is 0 Å². The highest BCUT2D eigenvalue weighted by atomic mass is 16.5. The minimum absolute atomic E-state index is 0.352. The van der Waals surface area contributed by atoms with E-state index < -0.39 is 0 Å². The number of nitrogens with zero attached hydrogens (tertiary/aromatic N) is 2. The molecule has 0 saturated heterocycles. The summed E-state index contributed by atoms with van der Waals surface area (Å²) in [6.07, 6.45) is 0. The molecule has 0 bridgehead atoms. The van der Waals surface area contributed by atoms with Gasteiger partial charge in [-0.05, 0) is 6.92 Å². The van der Waals surface area contributed by atoms with Gasteiger partial charge in [0.2, 0.25) is 0 Å². The third-order valence-electron chi connectivity index (χ3n) is 2.66. The van der Waals surface area contributed by atoms with Crippen LogP contribution >= 0.6 is 0 Å². The molecule has 0 unspecified atom stereocenters. The van der Waals surface area contributed by atoms with E-state index in [0.29, 0.717) is 11.3 Å². The second-order valence-corrected chi connectivity index (χ2v) is 3.79. The van der Waals surface area contributed by atoms with Crippen molar-refractivity contribution in [2.45, 2.75) is 6.92 Å². The number of rotatable bonds is 2. The van der Waals surface area contributed by atoms with E-state index in [1.165, 1.54) is 7.11 Å². The summed E-state index contributed by atoms with van der Waals surface area (Å²) in [6.45, 7) is 1.80. The maximum atomic E-state index is 11.8. The summed E-state index contributed by atoms with van der Waals surface area (Å²) in [5.74, 6) is -0.352. The first-order chi connectivity index (χ1) is 8.15. The lowest BCUT2D eigenvalue weighted by Gasteiger charge is -2.05. The fraction of sp³-hybridized carbons (Fsp3) is 0.231. The lowest BCUT2D eigenvalue weighted by Crippen LogP contribution is -2.04. The Morgan fingerprint density at radius 2 is 1.94 bits per heavy atom. The molecule has 0 atom stereocenters. The van der Waals surface area contributed by atoms with E-state index in [1.54, 1.807) is 11.6 Å². The summed E-state index contributed by atoms with van der Waals surface area (Å²) < 4.78 is 6.51. The quantitative estimate of drug-likeness (QED) is 0.743. The highest BCUT2D eigenvalue weighted by molar-refractivity contribution is 5.97. The highest BCUT2D eigenvalue weighted by Gasteiger charge is 2.21. The summed E-state index contributed by atoms with van der Waals surface area (Å²) in [5, 5.41) is 4.27. The van der Waals surface area contributed by atoms with Crippen molar-refractivity contribution in [1.82, 2.24) is 9.78 Å². The van der Waals surface area contributed by atoms with Gasteiger partial charge < -0.3 is 4.74 Å². The number of hydrogen-bond donors (Lipinski definition) is 0. The third kappa shape index (κ3) is 1.93. The van der Waals surface area contributed by atoms with Gasteiger partial charge in [0.05, 0.1) is 18.5 Å². The van der Waals surface area contributed by atoms with Gasteiger partial charge in [0, 0.05) is 12.6 Å². The number of aryl methyl sites for hydroxylation is 2. The summed E-state index contributed by atoms with van der Waals surface area (Å²) in [5.41, 5.74) is 2.95. The Kier molecular flexibility index (Phi) is 2.95. The van der Waals surface area contributed by atoms with E-state index in [2.05, 4.69) is 5.10 Å². The van der Waals surface area contributed by atoms with Crippen molar-refractivity contribution >= 4 is 5.97 Å². The molecule has 2 aromatic rings. The van der Waals surface area contributed by atoms with Crippen LogP contribution in [0.15, 0.2) is 30.3 Å². The van der Waals surface area contributed by atoms with Crippen LogP contribution < -0.4 is 0 Å². The topological polar surface area (TPSA) is 44.1 Å². The largest absolute Gasteiger partial charge is 0.465 e. The Morgan fingerprint density at radius 3 is 2.53 bits per heavy atom. The first kappa shape index (κ1) is 11.4. The van der Waals surface area contributed by atoms with Crippen LogP contribution in [0.2, 0.25) is 0 Å². The first-order valence-electron chi connectivity index (χ1n) is 5.32. The fourth-order valence-electron chi connectivity index (χ4n) is 1.93. The van der Waals surface area contributed by atoms with Crippen LogP contribution in [0, 0.1) is 6.92 Å². The number of carbonyl (C=O) groups is 1. The zero-order chi connectivity index (χ0) is 12.4. The fourth-order valence-corrected chi connectivity index (χ4v) is 1.93. The van der Waals surface area contributed by atoms with Crippen molar-refractivity contribution in [3.05, 3.63) is 41.6 Å². The van der Waals surface area contributed by atoms with Gasteiger partial charge in [-0.1, -0.05) is 30.3 Å². The Balaban J connectivity index is 2.65. The molecule has 1 aromatic carbocycles. The van der Waals surface area contributed by atoms with E-state index in [1.807, 2.05) is 37.4 Å². The normalized spacial score (nSPS) is 10.3. The van der Waals surface area contributed by atoms with Gasteiger partial charge in [0.1, 0.15) is 5.56 Å². The molecule has 2 rings (SSSR count). The van der Waals surface area contributed by atoms with E-state index in [4.69, 9.17) is 4.74 Å². The molecular formula is C13H14N2O2. The van der Waals surface area contributed by atoms with Crippen molar-refractivity contribution in [1.29, 1.82) is 0 Å². The minimum atomic E-state index is -0.352. The van der Waals surface area contributed by atoms with Crippen LogP contribution in [-0.2, 0) is 11.8 Å². The Bertz CT molecular complexity index is 544. The summed E-state index contributed by atoms with van der Waals surface area (Å²) in [7, 11) is 3.20. The Labute approximate surface area is 99.8 Å². The van der Waals surface area contributed by atoms with Gasteiger partial charge in [-0.2, -0.15) is 5.10 Å². The van der Waals surface area contributed by atoms with Crippen LogP contribution in [0.1, 0.15) is 16.1 Å². The van der Waals surface area contributed by atoms with E-state index in [9.17, 15) is 4.79 Å². The predicted molar refractivity (Wildman–Crippen MR) is 64.7 cm³/mol. The average molecular weight is 230 g/mol. The zero-order valence-corrected chi connectivity index (χ0v) is 10.1. The number of hydrogen-bond acceptors (Lipinski definition) is 3. The molecule has 0 aliphatic heterocycles. The van der Waals surface area contributed by atoms with E-state index in [-0.39, 0.29) is 5.97 Å². The van der Waals surface area contributed by atoms with Crippen LogP contribution in [0.5, 0.6) is 0 Å². The van der Waals surface area contributed by atoms with Crippen LogP contribution in [0.3, 0.4) is 0 Å². The first-order valence-corrected chi connectivity index (χ1v) is 5.32. The number of ether oxygens (including phenoxy) is 1. The molecule has 0 aliphatic carbocycles. The average Bonchev–Trinajstić information content (AvgIpc) is 2.64. The van der Waals surface area contributed by atoms with Gasteiger partial charge in [-0.15, -0.1) is 0 Å². The summed E-state index contributed by atoms with van der Waals surface area (Å²) in [6, 6.07) is 9.69. The second-order valence-electron chi connectivity index (χ2n) is 3.79. The third-order valence-corrected chi connectivity index (χ3v) is 2.66. The zero-order valence-electron chi connectivity index (χ0n) is 10.1. The SMILES string of the molecule is COC(=O)c1c(C)nn(C)c1-c1ccccc1. The lowest BCUT2D eigenvalue weighted by molar-refractivity contribution is 0.0601. The molecule has 88 valence electrons. The number of carbonyl (C=O) groups excluding carboxylic acids is 1. The smallest absolute Gasteiger partial charge is 0.342 e.